The van der Waals surface area contributed by atoms with Crippen LogP contribution in [0, 0.1) is 6.92 Å². The Hall–Kier alpha value is -2.05. The molecule has 0 fully saturated rings. The molecule has 0 saturated heterocycles. The van der Waals surface area contributed by atoms with Gasteiger partial charge in [0.25, 0.3) is 0 Å². The van der Waals surface area contributed by atoms with E-state index in [4.69, 9.17) is 5.73 Å². The second kappa shape index (κ2) is 5.75. The van der Waals surface area contributed by atoms with Crippen LogP contribution >= 0.6 is 0 Å². The lowest BCUT2D eigenvalue weighted by atomic mass is 10.2. The minimum atomic E-state index is -3.62. The Labute approximate surface area is 124 Å². The van der Waals surface area contributed by atoms with Crippen molar-refractivity contribution in [2.75, 3.05) is 12.8 Å². The highest BCUT2D eigenvalue weighted by Gasteiger charge is 2.21. The Morgan fingerprint density at radius 3 is 2.52 bits per heavy atom. The maximum Gasteiger partial charge on any atom is 0.243 e. The number of nitrogens with two attached hydrogens (primary N) is 1. The summed E-state index contributed by atoms with van der Waals surface area (Å²) in [7, 11) is -2.12. The van der Waals surface area contributed by atoms with E-state index in [9.17, 15) is 13.5 Å². The van der Waals surface area contributed by atoms with Crippen LogP contribution in [0.1, 0.15) is 11.1 Å². The molecule has 3 N–H and O–H groups in total. The summed E-state index contributed by atoms with van der Waals surface area (Å²) in [6.45, 7) is 1.99. The largest absolute Gasteiger partial charge is 0.508 e. The minimum Gasteiger partial charge on any atom is -0.508 e. The molecule has 0 unspecified atom stereocenters. The molecule has 112 valence electrons. The van der Waals surface area contributed by atoms with Crippen LogP contribution in [0.4, 0.5) is 5.69 Å². The van der Waals surface area contributed by atoms with E-state index in [1.165, 1.54) is 23.5 Å². The summed E-state index contributed by atoms with van der Waals surface area (Å²) in [6.07, 6.45) is 0. The van der Waals surface area contributed by atoms with E-state index in [0.29, 0.717) is 11.3 Å². The molecule has 21 heavy (non-hydrogen) atoms. The number of rotatable bonds is 4. The highest BCUT2D eigenvalue weighted by atomic mass is 32.2. The molecule has 0 heterocycles. The number of nitrogen functional groups attached to an aromatic ring is 1. The highest BCUT2D eigenvalue weighted by Crippen LogP contribution is 2.22. The van der Waals surface area contributed by atoms with Crippen LogP contribution in [-0.4, -0.2) is 24.9 Å². The molecule has 0 atom stereocenters. The van der Waals surface area contributed by atoms with Gasteiger partial charge in [0.1, 0.15) is 5.75 Å². The third kappa shape index (κ3) is 3.34. The fourth-order valence-electron chi connectivity index (χ4n) is 1.96. The van der Waals surface area contributed by atoms with E-state index in [1.807, 2.05) is 6.92 Å². The summed E-state index contributed by atoms with van der Waals surface area (Å²) < 4.78 is 26.2. The molecule has 0 amide bonds. The second-order valence-corrected chi connectivity index (χ2v) is 6.99. The number of anilines is 1. The van der Waals surface area contributed by atoms with Gasteiger partial charge in [-0.25, -0.2) is 8.42 Å². The molecule has 5 nitrogen and oxygen atoms in total. The number of nitrogens with zero attached hydrogens (tertiary/aromatic N) is 1. The van der Waals surface area contributed by atoms with Crippen molar-refractivity contribution in [3.05, 3.63) is 53.6 Å². The van der Waals surface area contributed by atoms with Gasteiger partial charge in [-0.05, 0) is 42.3 Å². The zero-order chi connectivity index (χ0) is 15.6. The van der Waals surface area contributed by atoms with Crippen LogP contribution in [0.15, 0.2) is 47.4 Å². The van der Waals surface area contributed by atoms with Crippen molar-refractivity contribution in [2.24, 2.45) is 0 Å². The molecular formula is C15H18N2O3S. The molecular weight excluding hydrogens is 288 g/mol. The van der Waals surface area contributed by atoms with Gasteiger partial charge in [-0.2, -0.15) is 4.31 Å². The Balaban J connectivity index is 2.28. The molecule has 2 aromatic rings. The number of hydrogen-bond acceptors (Lipinski definition) is 4. The lowest BCUT2D eigenvalue weighted by Gasteiger charge is -2.18. The zero-order valence-electron chi connectivity index (χ0n) is 11.9. The minimum absolute atomic E-state index is 0.109. The number of aryl methyl sites for hydroxylation is 1. The molecule has 0 saturated carbocycles. The van der Waals surface area contributed by atoms with Crippen LogP contribution in [0.2, 0.25) is 0 Å². The number of phenolic OH excluding ortho intramolecular Hbond substituents is 1. The van der Waals surface area contributed by atoms with Crippen molar-refractivity contribution in [2.45, 2.75) is 18.4 Å². The molecule has 2 rings (SSSR count). The average molecular weight is 306 g/mol. The Morgan fingerprint density at radius 2 is 1.90 bits per heavy atom. The first kappa shape index (κ1) is 15.3. The third-order valence-electron chi connectivity index (χ3n) is 3.27. The first-order chi connectivity index (χ1) is 9.80. The van der Waals surface area contributed by atoms with Crippen LogP contribution in [0.3, 0.4) is 0 Å². The van der Waals surface area contributed by atoms with Crippen LogP contribution in [-0.2, 0) is 16.6 Å². The van der Waals surface area contributed by atoms with E-state index in [0.717, 1.165) is 5.56 Å². The van der Waals surface area contributed by atoms with Crippen molar-refractivity contribution in [3.8, 4) is 5.75 Å². The lowest BCUT2D eigenvalue weighted by molar-refractivity contribution is 0.458. The quantitative estimate of drug-likeness (QED) is 0.847. The lowest BCUT2D eigenvalue weighted by Crippen LogP contribution is -2.26. The Morgan fingerprint density at radius 1 is 1.19 bits per heavy atom. The summed E-state index contributed by atoms with van der Waals surface area (Å²) in [5.74, 6) is 0.109. The molecule has 0 aliphatic heterocycles. The van der Waals surface area contributed by atoms with Crippen molar-refractivity contribution in [1.29, 1.82) is 0 Å². The molecule has 6 heteroatoms. The average Bonchev–Trinajstić information content (AvgIpc) is 2.41. The Bertz CT molecular complexity index is 757. The molecule has 2 aromatic carbocycles. The van der Waals surface area contributed by atoms with Gasteiger partial charge < -0.3 is 10.8 Å². The van der Waals surface area contributed by atoms with Crippen molar-refractivity contribution < 1.29 is 13.5 Å². The zero-order valence-corrected chi connectivity index (χ0v) is 12.8. The van der Waals surface area contributed by atoms with Gasteiger partial charge >= 0.3 is 0 Å². The monoisotopic (exact) mass is 306 g/mol. The maximum absolute atomic E-state index is 12.5. The third-order valence-corrected chi connectivity index (χ3v) is 5.07. The van der Waals surface area contributed by atoms with Crippen LogP contribution < -0.4 is 5.73 Å². The van der Waals surface area contributed by atoms with Gasteiger partial charge in [0.2, 0.25) is 10.0 Å². The topological polar surface area (TPSA) is 83.6 Å². The van der Waals surface area contributed by atoms with Gasteiger partial charge in [-0.15, -0.1) is 0 Å². The number of benzene rings is 2. The van der Waals surface area contributed by atoms with E-state index >= 15 is 0 Å². The van der Waals surface area contributed by atoms with Crippen LogP contribution in [0.25, 0.3) is 0 Å². The number of sulfonamides is 1. The van der Waals surface area contributed by atoms with E-state index < -0.39 is 10.0 Å². The van der Waals surface area contributed by atoms with Gasteiger partial charge in [-0.1, -0.05) is 18.2 Å². The van der Waals surface area contributed by atoms with E-state index in [1.54, 1.807) is 30.3 Å². The highest BCUT2D eigenvalue weighted by molar-refractivity contribution is 7.89. The predicted octanol–water partition coefficient (Wildman–Crippen LogP) is 2.10. The summed E-state index contributed by atoms with van der Waals surface area (Å²) in [5, 5.41) is 9.43. The molecule has 0 aliphatic carbocycles. The van der Waals surface area contributed by atoms with Crippen molar-refractivity contribution in [3.63, 3.8) is 0 Å². The molecule has 0 radical (unpaired) electrons. The van der Waals surface area contributed by atoms with Gasteiger partial charge in [0, 0.05) is 19.3 Å². The normalized spacial score (nSPS) is 11.8. The standard InChI is InChI=1S/C15H18N2O3S/c1-11-6-7-14(9-15(11)16)21(19,20)17(2)10-12-4-3-5-13(18)8-12/h3-9,18H,10,16H2,1-2H3. The van der Waals surface area contributed by atoms with Gasteiger partial charge in [-0.3, -0.25) is 0 Å². The fourth-order valence-corrected chi connectivity index (χ4v) is 3.15. The van der Waals surface area contributed by atoms with Gasteiger partial charge in [0.05, 0.1) is 4.90 Å². The van der Waals surface area contributed by atoms with Crippen LogP contribution in [0.5, 0.6) is 5.75 Å². The number of hydrogen-bond donors (Lipinski definition) is 2. The molecule has 0 spiro atoms. The summed E-state index contributed by atoms with van der Waals surface area (Å²) in [6, 6.07) is 11.2. The van der Waals surface area contributed by atoms with E-state index in [2.05, 4.69) is 0 Å². The smallest absolute Gasteiger partial charge is 0.243 e. The van der Waals surface area contributed by atoms with E-state index in [-0.39, 0.29) is 17.2 Å². The van der Waals surface area contributed by atoms with Crippen molar-refractivity contribution in [1.82, 2.24) is 4.31 Å². The first-order valence-corrected chi connectivity index (χ1v) is 7.85. The summed E-state index contributed by atoms with van der Waals surface area (Å²) in [4.78, 5) is 0.160. The Kier molecular flexibility index (Phi) is 4.20. The predicted molar refractivity (Wildman–Crippen MR) is 82.4 cm³/mol. The number of phenols is 1. The maximum atomic E-state index is 12.5. The van der Waals surface area contributed by atoms with Crippen molar-refractivity contribution >= 4 is 15.7 Å². The summed E-state index contributed by atoms with van der Waals surface area (Å²) >= 11 is 0. The molecule has 0 aromatic heterocycles. The second-order valence-electron chi connectivity index (χ2n) is 4.95. The summed E-state index contributed by atoms with van der Waals surface area (Å²) in [5.41, 5.74) is 7.77. The SMILES string of the molecule is Cc1ccc(S(=O)(=O)N(C)Cc2cccc(O)c2)cc1N. The first-order valence-electron chi connectivity index (χ1n) is 6.41. The molecule has 0 bridgehead atoms. The fraction of sp³-hybridized carbons (Fsp3) is 0.200. The van der Waals surface area contributed by atoms with Gasteiger partial charge in [0.15, 0.2) is 0 Å². The number of aromatic hydroxyl groups is 1. The molecule has 0 aliphatic rings.